The van der Waals surface area contributed by atoms with Crippen molar-refractivity contribution >= 4 is 21.6 Å². The van der Waals surface area contributed by atoms with Crippen LogP contribution in [0.15, 0.2) is 46.9 Å². The third-order valence-electron chi connectivity index (χ3n) is 3.70. The molecule has 0 spiro atoms. The molecule has 0 fully saturated rings. The Kier molecular flexibility index (Phi) is 4.84. The molecule has 2 N–H and O–H groups in total. The Balaban J connectivity index is 2.31. The number of halogens is 1. The van der Waals surface area contributed by atoms with Crippen molar-refractivity contribution in [1.82, 2.24) is 0 Å². The lowest BCUT2D eigenvalue weighted by atomic mass is 10.0. The molecule has 2 rings (SSSR count). The second-order valence-corrected chi connectivity index (χ2v) is 6.06. The first-order valence-corrected chi connectivity index (χ1v) is 7.58. The summed E-state index contributed by atoms with van der Waals surface area (Å²) in [4.78, 5) is 2.24. The number of aryl methyl sites for hydroxylation is 2. The van der Waals surface area contributed by atoms with Crippen LogP contribution in [0.3, 0.4) is 0 Å². The molecule has 0 bridgehead atoms. The van der Waals surface area contributed by atoms with E-state index in [4.69, 9.17) is 5.73 Å². The Bertz CT molecular complexity index is 578. The molecule has 0 aliphatic heterocycles. The first-order chi connectivity index (χ1) is 9.52. The Morgan fingerprint density at radius 1 is 1.10 bits per heavy atom. The minimum atomic E-state index is 0.185. The molecule has 0 amide bonds. The van der Waals surface area contributed by atoms with E-state index in [-0.39, 0.29) is 6.04 Å². The van der Waals surface area contributed by atoms with Gasteiger partial charge in [-0.1, -0.05) is 45.8 Å². The highest BCUT2D eigenvalue weighted by Crippen LogP contribution is 2.27. The van der Waals surface area contributed by atoms with E-state index in [0.717, 1.165) is 4.47 Å². The zero-order chi connectivity index (χ0) is 14.7. The quantitative estimate of drug-likeness (QED) is 0.908. The fraction of sp³-hybridized carbons (Fsp3) is 0.294. The van der Waals surface area contributed by atoms with Gasteiger partial charge < -0.3 is 10.6 Å². The van der Waals surface area contributed by atoms with Crippen LogP contribution in [0.4, 0.5) is 5.69 Å². The van der Waals surface area contributed by atoms with Gasteiger partial charge in [-0.3, -0.25) is 0 Å². The molecule has 0 aliphatic rings. The van der Waals surface area contributed by atoms with Crippen LogP contribution in [0.1, 0.15) is 22.7 Å². The summed E-state index contributed by atoms with van der Waals surface area (Å²) in [7, 11) is 2.10. The van der Waals surface area contributed by atoms with Crippen LogP contribution in [0.2, 0.25) is 0 Å². The van der Waals surface area contributed by atoms with Crippen LogP contribution in [0, 0.1) is 13.8 Å². The number of nitrogens with zero attached hydrogens (tertiary/aromatic N) is 1. The molecule has 20 heavy (non-hydrogen) atoms. The fourth-order valence-electron chi connectivity index (χ4n) is 2.35. The van der Waals surface area contributed by atoms with Gasteiger partial charge in [-0.2, -0.15) is 0 Å². The van der Waals surface area contributed by atoms with Crippen molar-refractivity contribution in [2.45, 2.75) is 19.9 Å². The number of benzene rings is 2. The van der Waals surface area contributed by atoms with Crippen LogP contribution in [0.5, 0.6) is 0 Å². The van der Waals surface area contributed by atoms with Crippen molar-refractivity contribution < 1.29 is 0 Å². The Hall–Kier alpha value is -1.32. The Morgan fingerprint density at radius 2 is 1.75 bits per heavy atom. The summed E-state index contributed by atoms with van der Waals surface area (Å²) in [6.07, 6.45) is 0. The highest BCUT2D eigenvalue weighted by atomic mass is 79.9. The van der Waals surface area contributed by atoms with Crippen molar-refractivity contribution in [3.63, 3.8) is 0 Å². The van der Waals surface area contributed by atoms with Crippen LogP contribution in [0.25, 0.3) is 0 Å². The van der Waals surface area contributed by atoms with E-state index in [1.54, 1.807) is 0 Å². The smallest absolute Gasteiger partial charge is 0.0661 e. The Morgan fingerprint density at radius 3 is 2.30 bits per heavy atom. The van der Waals surface area contributed by atoms with Crippen molar-refractivity contribution in [2.24, 2.45) is 5.73 Å². The normalized spacial score (nSPS) is 12.2. The van der Waals surface area contributed by atoms with Gasteiger partial charge in [-0.15, -0.1) is 0 Å². The molecule has 2 aromatic rings. The molecule has 0 radical (unpaired) electrons. The number of anilines is 1. The number of nitrogens with two attached hydrogens (primary N) is 1. The molecule has 0 saturated carbocycles. The lowest BCUT2D eigenvalue weighted by Crippen LogP contribution is -2.30. The third-order valence-corrected chi connectivity index (χ3v) is 4.59. The van der Waals surface area contributed by atoms with Crippen molar-refractivity contribution in [3.05, 3.63) is 63.6 Å². The predicted molar refractivity (Wildman–Crippen MR) is 90.3 cm³/mol. The topological polar surface area (TPSA) is 29.3 Å². The number of likely N-dealkylation sites (N-methyl/N-ethyl adjacent to an activating group) is 1. The van der Waals surface area contributed by atoms with Crippen LogP contribution in [-0.2, 0) is 0 Å². The summed E-state index contributed by atoms with van der Waals surface area (Å²) in [5.74, 6) is 0. The van der Waals surface area contributed by atoms with Crippen LogP contribution >= 0.6 is 15.9 Å². The van der Waals surface area contributed by atoms with Gasteiger partial charge in [0.1, 0.15) is 0 Å². The van der Waals surface area contributed by atoms with E-state index in [1.165, 1.54) is 22.4 Å². The summed E-state index contributed by atoms with van der Waals surface area (Å²) < 4.78 is 1.13. The van der Waals surface area contributed by atoms with E-state index in [2.05, 4.69) is 84.2 Å². The molecule has 0 aliphatic carbocycles. The second-order valence-electron chi connectivity index (χ2n) is 5.21. The molecule has 2 aromatic carbocycles. The first kappa shape index (κ1) is 15.1. The Labute approximate surface area is 129 Å². The fourth-order valence-corrected chi connectivity index (χ4v) is 2.60. The molecule has 0 saturated heterocycles. The van der Waals surface area contributed by atoms with E-state index in [1.807, 2.05) is 0 Å². The number of hydrogen-bond acceptors (Lipinski definition) is 2. The third kappa shape index (κ3) is 3.22. The van der Waals surface area contributed by atoms with E-state index < -0.39 is 0 Å². The minimum Gasteiger partial charge on any atom is -0.366 e. The maximum Gasteiger partial charge on any atom is 0.0661 e. The molecule has 3 heteroatoms. The molecule has 0 heterocycles. The highest BCUT2D eigenvalue weighted by Gasteiger charge is 2.16. The first-order valence-electron chi connectivity index (χ1n) is 6.78. The maximum atomic E-state index is 6.01. The molecule has 0 aromatic heterocycles. The summed E-state index contributed by atoms with van der Waals surface area (Å²) in [5, 5.41) is 0. The van der Waals surface area contributed by atoms with Crippen molar-refractivity contribution in [1.29, 1.82) is 0 Å². The zero-order valence-corrected chi connectivity index (χ0v) is 13.8. The molecule has 106 valence electrons. The lowest BCUT2D eigenvalue weighted by Gasteiger charge is -2.30. The average molecular weight is 333 g/mol. The van der Waals surface area contributed by atoms with Crippen LogP contribution < -0.4 is 10.6 Å². The summed E-state index contributed by atoms with van der Waals surface area (Å²) in [5.41, 5.74) is 10.9. The van der Waals surface area contributed by atoms with Gasteiger partial charge in [0.15, 0.2) is 0 Å². The predicted octanol–water partition coefficient (Wildman–Crippen LogP) is 4.20. The number of hydrogen-bond donors (Lipinski definition) is 1. The largest absolute Gasteiger partial charge is 0.366 e. The van der Waals surface area contributed by atoms with E-state index >= 15 is 0 Å². The van der Waals surface area contributed by atoms with E-state index in [0.29, 0.717) is 6.54 Å². The number of rotatable bonds is 4. The molecular weight excluding hydrogens is 312 g/mol. The van der Waals surface area contributed by atoms with Crippen molar-refractivity contribution in [3.8, 4) is 0 Å². The van der Waals surface area contributed by atoms with Gasteiger partial charge in [-0.05, 0) is 43.2 Å². The van der Waals surface area contributed by atoms with Crippen LogP contribution in [-0.4, -0.2) is 13.6 Å². The maximum absolute atomic E-state index is 6.01. The van der Waals surface area contributed by atoms with Gasteiger partial charge in [0.05, 0.1) is 6.04 Å². The summed E-state index contributed by atoms with van der Waals surface area (Å²) in [6, 6.07) is 15.2. The van der Waals surface area contributed by atoms with Gasteiger partial charge in [0.2, 0.25) is 0 Å². The van der Waals surface area contributed by atoms with Gasteiger partial charge >= 0.3 is 0 Å². The monoisotopic (exact) mass is 332 g/mol. The van der Waals surface area contributed by atoms with Gasteiger partial charge in [0.25, 0.3) is 0 Å². The summed E-state index contributed by atoms with van der Waals surface area (Å²) in [6.45, 7) is 4.79. The highest BCUT2D eigenvalue weighted by molar-refractivity contribution is 9.10. The lowest BCUT2D eigenvalue weighted by molar-refractivity contribution is 0.680. The molecule has 1 unspecified atom stereocenters. The van der Waals surface area contributed by atoms with E-state index in [9.17, 15) is 0 Å². The van der Waals surface area contributed by atoms with Gasteiger partial charge in [0, 0.05) is 23.8 Å². The zero-order valence-electron chi connectivity index (χ0n) is 12.2. The standard InChI is InChI=1S/C17H21BrN2/c1-12-4-7-15(8-5-12)20(3)17(11-19)14-6-9-16(18)13(2)10-14/h4-10,17H,11,19H2,1-3H3. The second kappa shape index (κ2) is 6.42. The molecule has 1 atom stereocenters. The summed E-state index contributed by atoms with van der Waals surface area (Å²) >= 11 is 3.55. The van der Waals surface area contributed by atoms with Gasteiger partial charge in [-0.25, -0.2) is 0 Å². The molecule has 2 nitrogen and oxygen atoms in total. The minimum absolute atomic E-state index is 0.185. The SMILES string of the molecule is Cc1ccc(N(C)C(CN)c2ccc(Br)c(C)c2)cc1. The molecular formula is C17H21BrN2. The average Bonchev–Trinajstić information content (AvgIpc) is 2.44. The van der Waals surface area contributed by atoms with Crippen molar-refractivity contribution in [2.75, 3.05) is 18.5 Å².